The first-order chi connectivity index (χ1) is 10.6. The molecule has 1 fully saturated rings. The number of amides is 1. The first-order valence-electron chi connectivity index (χ1n) is 7.82. The zero-order chi connectivity index (χ0) is 15.9. The number of methoxy groups -OCH3 is 1. The third-order valence-electron chi connectivity index (χ3n) is 3.60. The molecule has 1 aromatic heterocycles. The third-order valence-corrected chi connectivity index (χ3v) is 3.60. The van der Waals surface area contributed by atoms with Gasteiger partial charge in [0.25, 0.3) is 5.91 Å². The lowest BCUT2D eigenvalue weighted by Crippen LogP contribution is -2.46. The lowest BCUT2D eigenvalue weighted by atomic mass is 10.2. The van der Waals surface area contributed by atoms with Crippen LogP contribution in [0.2, 0.25) is 0 Å². The number of ether oxygens (including phenoxy) is 2. The van der Waals surface area contributed by atoms with Gasteiger partial charge in [0.2, 0.25) is 0 Å². The molecular formula is C16H26N2O4. The molecule has 1 amide bonds. The maximum Gasteiger partial charge on any atom is 0.286 e. The molecule has 2 atom stereocenters. The van der Waals surface area contributed by atoms with Crippen molar-refractivity contribution < 1.29 is 18.7 Å². The zero-order valence-electron chi connectivity index (χ0n) is 13.6. The second-order valence-corrected chi connectivity index (χ2v) is 5.83. The average molecular weight is 310 g/mol. The number of nitrogens with one attached hydrogen (secondary N) is 1. The van der Waals surface area contributed by atoms with Crippen molar-refractivity contribution in [2.24, 2.45) is 0 Å². The van der Waals surface area contributed by atoms with Crippen LogP contribution in [0.5, 0.6) is 0 Å². The molecule has 1 saturated heterocycles. The first kappa shape index (κ1) is 17.0. The van der Waals surface area contributed by atoms with Crippen molar-refractivity contribution in [3.63, 3.8) is 0 Å². The van der Waals surface area contributed by atoms with Gasteiger partial charge >= 0.3 is 0 Å². The van der Waals surface area contributed by atoms with Crippen LogP contribution in [0, 0.1) is 0 Å². The molecule has 6 heteroatoms. The van der Waals surface area contributed by atoms with Crippen molar-refractivity contribution in [3.05, 3.63) is 23.7 Å². The van der Waals surface area contributed by atoms with Crippen LogP contribution in [0.15, 0.2) is 16.5 Å². The molecule has 1 aromatic rings. The molecule has 1 aliphatic rings. The summed E-state index contributed by atoms with van der Waals surface area (Å²) in [6, 6.07) is 3.43. The maximum absolute atomic E-state index is 11.9. The summed E-state index contributed by atoms with van der Waals surface area (Å²) in [6.45, 7) is 8.08. The van der Waals surface area contributed by atoms with E-state index in [0.29, 0.717) is 24.7 Å². The van der Waals surface area contributed by atoms with Gasteiger partial charge in [-0.1, -0.05) is 0 Å². The highest BCUT2D eigenvalue weighted by Gasteiger charge is 2.21. The van der Waals surface area contributed by atoms with Gasteiger partial charge in [-0.3, -0.25) is 9.69 Å². The highest BCUT2D eigenvalue weighted by Crippen LogP contribution is 2.11. The molecule has 1 aliphatic heterocycles. The van der Waals surface area contributed by atoms with E-state index in [1.165, 1.54) is 0 Å². The van der Waals surface area contributed by atoms with E-state index in [4.69, 9.17) is 13.9 Å². The van der Waals surface area contributed by atoms with Gasteiger partial charge in [0.15, 0.2) is 5.76 Å². The molecule has 6 nitrogen and oxygen atoms in total. The monoisotopic (exact) mass is 310 g/mol. The van der Waals surface area contributed by atoms with Gasteiger partial charge in [-0.25, -0.2) is 0 Å². The number of furan rings is 1. The van der Waals surface area contributed by atoms with Gasteiger partial charge in [-0.15, -0.1) is 0 Å². The van der Waals surface area contributed by atoms with Crippen molar-refractivity contribution in [2.45, 2.75) is 39.1 Å². The lowest BCUT2D eigenvalue weighted by molar-refractivity contribution is -0.0680. The van der Waals surface area contributed by atoms with Crippen LogP contribution in [0.4, 0.5) is 0 Å². The van der Waals surface area contributed by atoms with E-state index in [1.54, 1.807) is 19.2 Å². The molecule has 22 heavy (non-hydrogen) atoms. The van der Waals surface area contributed by atoms with Crippen molar-refractivity contribution in [1.82, 2.24) is 10.2 Å². The van der Waals surface area contributed by atoms with Gasteiger partial charge in [0.1, 0.15) is 12.4 Å². The molecule has 0 aromatic carbocycles. The number of nitrogens with zero attached hydrogens (tertiary/aromatic N) is 1. The summed E-state index contributed by atoms with van der Waals surface area (Å²) in [4.78, 5) is 14.3. The van der Waals surface area contributed by atoms with Crippen molar-refractivity contribution in [1.29, 1.82) is 0 Å². The van der Waals surface area contributed by atoms with Crippen LogP contribution in [0.3, 0.4) is 0 Å². The Morgan fingerprint density at radius 2 is 2.09 bits per heavy atom. The molecule has 0 saturated carbocycles. The van der Waals surface area contributed by atoms with Gasteiger partial charge in [0, 0.05) is 33.3 Å². The van der Waals surface area contributed by atoms with E-state index in [9.17, 15) is 4.79 Å². The fourth-order valence-corrected chi connectivity index (χ4v) is 2.78. The Kier molecular flexibility index (Phi) is 6.42. The maximum atomic E-state index is 11.9. The van der Waals surface area contributed by atoms with E-state index >= 15 is 0 Å². The normalized spacial score (nSPS) is 22.7. The molecule has 1 N–H and O–H groups in total. The Morgan fingerprint density at radius 3 is 2.77 bits per heavy atom. The molecule has 0 aliphatic carbocycles. The molecule has 0 spiro atoms. The van der Waals surface area contributed by atoms with Crippen LogP contribution in [0.25, 0.3) is 0 Å². The Labute approximate surface area is 131 Å². The number of hydrogen-bond acceptors (Lipinski definition) is 5. The summed E-state index contributed by atoms with van der Waals surface area (Å²) in [6.07, 6.45) is 1.47. The standard InChI is InChI=1S/C16H26N2O4/c1-12-9-18(10-13(2)21-12)8-4-7-17-16(19)15-6-5-14(22-15)11-20-3/h5-6,12-13H,4,7-11H2,1-3H3,(H,17,19). The molecule has 0 radical (unpaired) electrons. The molecular weight excluding hydrogens is 284 g/mol. The number of carbonyl (C=O) groups excluding carboxylic acids is 1. The van der Waals surface area contributed by atoms with Gasteiger partial charge < -0.3 is 19.2 Å². The number of carbonyl (C=O) groups is 1. The van der Waals surface area contributed by atoms with Crippen molar-refractivity contribution in [2.75, 3.05) is 33.3 Å². The summed E-state index contributed by atoms with van der Waals surface area (Å²) in [5.74, 6) is 0.815. The minimum Gasteiger partial charge on any atom is -0.453 e. The number of hydrogen-bond donors (Lipinski definition) is 1. The minimum atomic E-state index is -0.175. The highest BCUT2D eigenvalue weighted by atomic mass is 16.5. The van der Waals surface area contributed by atoms with Crippen LogP contribution >= 0.6 is 0 Å². The van der Waals surface area contributed by atoms with E-state index < -0.39 is 0 Å². The zero-order valence-corrected chi connectivity index (χ0v) is 13.6. The lowest BCUT2D eigenvalue weighted by Gasteiger charge is -2.35. The second kappa shape index (κ2) is 8.31. The summed E-state index contributed by atoms with van der Waals surface area (Å²) < 4.78 is 16.1. The molecule has 124 valence electrons. The third kappa shape index (κ3) is 5.12. The predicted octanol–water partition coefficient (Wildman–Crippen LogP) is 1.66. The Morgan fingerprint density at radius 1 is 1.36 bits per heavy atom. The topological polar surface area (TPSA) is 63.9 Å². The smallest absolute Gasteiger partial charge is 0.286 e. The van der Waals surface area contributed by atoms with Crippen molar-refractivity contribution in [3.8, 4) is 0 Å². The quantitative estimate of drug-likeness (QED) is 0.776. The SMILES string of the molecule is COCc1ccc(C(=O)NCCCN2CC(C)OC(C)C2)o1. The summed E-state index contributed by atoms with van der Waals surface area (Å²) in [7, 11) is 1.59. The van der Waals surface area contributed by atoms with Gasteiger partial charge in [0.05, 0.1) is 12.2 Å². The summed E-state index contributed by atoms with van der Waals surface area (Å²) >= 11 is 0. The second-order valence-electron chi connectivity index (χ2n) is 5.83. The molecule has 2 rings (SSSR count). The number of rotatable bonds is 7. The van der Waals surface area contributed by atoms with Crippen LogP contribution in [-0.2, 0) is 16.1 Å². The Bertz CT molecular complexity index is 464. The summed E-state index contributed by atoms with van der Waals surface area (Å²) in [5, 5.41) is 2.88. The Balaban J connectivity index is 1.66. The average Bonchev–Trinajstić information content (AvgIpc) is 2.91. The number of morpholine rings is 1. The van der Waals surface area contributed by atoms with Crippen LogP contribution in [0.1, 0.15) is 36.6 Å². The molecule has 0 bridgehead atoms. The molecule has 2 heterocycles. The van der Waals surface area contributed by atoms with E-state index in [2.05, 4.69) is 24.1 Å². The highest BCUT2D eigenvalue weighted by molar-refractivity contribution is 5.91. The van der Waals surface area contributed by atoms with E-state index in [1.807, 2.05) is 0 Å². The largest absolute Gasteiger partial charge is 0.453 e. The van der Waals surface area contributed by atoms with Crippen molar-refractivity contribution >= 4 is 5.91 Å². The summed E-state index contributed by atoms with van der Waals surface area (Å²) in [5.41, 5.74) is 0. The first-order valence-corrected chi connectivity index (χ1v) is 7.82. The van der Waals surface area contributed by atoms with E-state index in [0.717, 1.165) is 26.1 Å². The minimum absolute atomic E-state index is 0.175. The van der Waals surface area contributed by atoms with Gasteiger partial charge in [-0.2, -0.15) is 0 Å². The van der Waals surface area contributed by atoms with Crippen LogP contribution < -0.4 is 5.32 Å². The van der Waals surface area contributed by atoms with E-state index in [-0.39, 0.29) is 18.1 Å². The van der Waals surface area contributed by atoms with Gasteiger partial charge in [-0.05, 0) is 32.4 Å². The Hall–Kier alpha value is -1.37. The predicted molar refractivity (Wildman–Crippen MR) is 82.8 cm³/mol. The van der Waals surface area contributed by atoms with Crippen LogP contribution in [-0.4, -0.2) is 56.3 Å². The fourth-order valence-electron chi connectivity index (χ4n) is 2.78. The molecule has 2 unspecified atom stereocenters. The fraction of sp³-hybridized carbons (Fsp3) is 0.688.